The number of fused-ring (bicyclic) bond motifs is 1. The van der Waals surface area contributed by atoms with Crippen molar-refractivity contribution in [1.82, 2.24) is 9.88 Å². The number of aromatic nitrogens is 1. The van der Waals surface area contributed by atoms with Gasteiger partial charge < -0.3 is 9.80 Å². The van der Waals surface area contributed by atoms with Crippen LogP contribution in [0.1, 0.15) is 32.1 Å². The largest absolute Gasteiger partial charge is 0.370 e. The molecule has 3 nitrogen and oxygen atoms in total. The molecular weight excluding hydrogens is 258 g/mol. The zero-order chi connectivity index (χ0) is 14.2. The van der Waals surface area contributed by atoms with E-state index >= 15 is 0 Å². The van der Waals surface area contributed by atoms with Crippen LogP contribution in [0.5, 0.6) is 0 Å². The molecule has 0 unspecified atom stereocenters. The molecule has 2 saturated carbocycles. The van der Waals surface area contributed by atoms with Crippen LogP contribution >= 0.6 is 0 Å². The minimum absolute atomic E-state index is 0.903. The van der Waals surface area contributed by atoms with E-state index in [4.69, 9.17) is 0 Å². The van der Waals surface area contributed by atoms with Gasteiger partial charge in [-0.25, -0.2) is 0 Å². The molecule has 1 aliphatic heterocycles. The Balaban J connectivity index is 1.44. The second kappa shape index (κ2) is 5.60. The fourth-order valence-electron chi connectivity index (χ4n) is 4.60. The summed E-state index contributed by atoms with van der Waals surface area (Å²) in [5, 5.41) is 0. The van der Waals surface area contributed by atoms with Crippen LogP contribution in [0, 0.1) is 17.8 Å². The summed E-state index contributed by atoms with van der Waals surface area (Å²) >= 11 is 0. The van der Waals surface area contributed by atoms with Crippen LogP contribution in [0.3, 0.4) is 0 Å². The molecule has 21 heavy (non-hydrogen) atoms. The lowest BCUT2D eigenvalue weighted by atomic mass is 9.73. The Morgan fingerprint density at radius 3 is 2.90 bits per heavy atom. The van der Waals surface area contributed by atoms with Gasteiger partial charge in [0.05, 0.1) is 11.9 Å². The van der Waals surface area contributed by atoms with E-state index in [1.54, 1.807) is 0 Å². The first kappa shape index (κ1) is 13.6. The third kappa shape index (κ3) is 2.80. The van der Waals surface area contributed by atoms with Crippen molar-refractivity contribution in [2.75, 3.05) is 31.6 Å². The Labute approximate surface area is 128 Å². The van der Waals surface area contributed by atoms with Crippen LogP contribution < -0.4 is 4.90 Å². The Kier molecular flexibility index (Phi) is 3.62. The van der Waals surface area contributed by atoms with Crippen molar-refractivity contribution in [3.05, 3.63) is 24.5 Å². The van der Waals surface area contributed by atoms with Crippen LogP contribution in [0.15, 0.2) is 24.5 Å². The fourth-order valence-corrected chi connectivity index (χ4v) is 4.60. The van der Waals surface area contributed by atoms with Crippen LogP contribution in [0.25, 0.3) is 0 Å². The summed E-state index contributed by atoms with van der Waals surface area (Å²) in [6.07, 6.45) is 11.1. The van der Waals surface area contributed by atoms with Crippen molar-refractivity contribution >= 4 is 5.69 Å². The van der Waals surface area contributed by atoms with Crippen LogP contribution in [0.4, 0.5) is 5.69 Å². The molecule has 0 aromatic carbocycles. The molecule has 0 radical (unpaired) electrons. The van der Waals surface area contributed by atoms with Gasteiger partial charge in [0.1, 0.15) is 0 Å². The van der Waals surface area contributed by atoms with Gasteiger partial charge in [-0.1, -0.05) is 6.42 Å². The summed E-state index contributed by atoms with van der Waals surface area (Å²) in [4.78, 5) is 9.52. The standard InChI is InChI=1S/C18H27N3/c1-20(16-7-8-16)11-14-4-2-5-15-12-21(13-18(14)15)17-6-3-9-19-10-17/h3,6,9-10,14-16,18H,2,4-5,7-8,11-13H2,1H3/t14-,15+,18+/m0/s1. The summed E-state index contributed by atoms with van der Waals surface area (Å²) < 4.78 is 0. The molecule has 3 heteroatoms. The molecule has 114 valence electrons. The highest BCUT2D eigenvalue weighted by atomic mass is 15.2. The van der Waals surface area contributed by atoms with Gasteiger partial charge in [0.25, 0.3) is 0 Å². The number of hydrogen-bond donors (Lipinski definition) is 0. The molecule has 1 aromatic rings. The molecule has 0 spiro atoms. The minimum Gasteiger partial charge on any atom is -0.370 e. The van der Waals surface area contributed by atoms with Crippen molar-refractivity contribution in [3.63, 3.8) is 0 Å². The van der Waals surface area contributed by atoms with E-state index in [-0.39, 0.29) is 0 Å². The molecular formula is C18H27N3. The monoisotopic (exact) mass is 285 g/mol. The van der Waals surface area contributed by atoms with E-state index in [1.165, 1.54) is 57.4 Å². The summed E-state index contributed by atoms with van der Waals surface area (Å²) in [7, 11) is 2.34. The molecule has 3 atom stereocenters. The minimum atomic E-state index is 0.903. The Hall–Kier alpha value is -1.09. The average molecular weight is 285 g/mol. The lowest BCUT2D eigenvalue weighted by molar-refractivity contribution is 0.145. The third-order valence-corrected chi connectivity index (χ3v) is 5.95. The maximum Gasteiger partial charge on any atom is 0.0552 e. The van der Waals surface area contributed by atoms with Crippen molar-refractivity contribution in [2.45, 2.75) is 38.1 Å². The second-order valence-corrected chi connectivity index (χ2v) is 7.40. The first-order valence-electron chi connectivity index (χ1n) is 8.66. The molecule has 3 aliphatic rings. The number of nitrogens with zero attached hydrogens (tertiary/aromatic N) is 3. The Morgan fingerprint density at radius 1 is 1.24 bits per heavy atom. The molecule has 3 fully saturated rings. The molecule has 0 bridgehead atoms. The highest BCUT2D eigenvalue weighted by molar-refractivity contribution is 5.45. The summed E-state index contributed by atoms with van der Waals surface area (Å²) in [5.41, 5.74) is 1.32. The highest BCUT2D eigenvalue weighted by Crippen LogP contribution is 2.42. The molecule has 2 heterocycles. The normalized spacial score (nSPS) is 32.5. The molecule has 4 rings (SSSR count). The highest BCUT2D eigenvalue weighted by Gasteiger charge is 2.41. The molecule has 0 amide bonds. The van der Waals surface area contributed by atoms with Crippen LogP contribution in [-0.2, 0) is 0 Å². The molecule has 1 aromatic heterocycles. The molecule has 2 aliphatic carbocycles. The first-order valence-corrected chi connectivity index (χ1v) is 8.66. The predicted molar refractivity (Wildman–Crippen MR) is 86.4 cm³/mol. The number of hydrogen-bond acceptors (Lipinski definition) is 3. The zero-order valence-corrected chi connectivity index (χ0v) is 13.1. The SMILES string of the molecule is CN(C[C@@H]1CCC[C@@H]2CN(c3cccnc3)C[C@@H]21)C1CC1. The third-order valence-electron chi connectivity index (χ3n) is 5.95. The van der Waals surface area contributed by atoms with Crippen molar-refractivity contribution in [2.24, 2.45) is 17.8 Å². The van der Waals surface area contributed by atoms with Gasteiger partial charge in [0, 0.05) is 31.9 Å². The van der Waals surface area contributed by atoms with Gasteiger partial charge in [-0.3, -0.25) is 4.98 Å². The van der Waals surface area contributed by atoms with Crippen molar-refractivity contribution < 1.29 is 0 Å². The van der Waals surface area contributed by atoms with Gasteiger partial charge in [0.2, 0.25) is 0 Å². The lowest BCUT2D eigenvalue weighted by Gasteiger charge is -2.35. The molecule has 0 N–H and O–H groups in total. The fraction of sp³-hybridized carbons (Fsp3) is 0.722. The van der Waals surface area contributed by atoms with Crippen molar-refractivity contribution in [1.29, 1.82) is 0 Å². The first-order chi connectivity index (χ1) is 10.3. The lowest BCUT2D eigenvalue weighted by Crippen LogP contribution is -2.36. The van der Waals surface area contributed by atoms with E-state index < -0.39 is 0 Å². The van der Waals surface area contributed by atoms with Crippen LogP contribution in [-0.4, -0.2) is 42.6 Å². The topological polar surface area (TPSA) is 19.4 Å². The quantitative estimate of drug-likeness (QED) is 0.847. The smallest absolute Gasteiger partial charge is 0.0552 e. The van der Waals surface area contributed by atoms with Gasteiger partial charge in [0.15, 0.2) is 0 Å². The van der Waals surface area contributed by atoms with E-state index in [9.17, 15) is 0 Å². The summed E-state index contributed by atoms with van der Waals surface area (Å²) in [5.74, 6) is 2.73. The van der Waals surface area contributed by atoms with Crippen LogP contribution in [0.2, 0.25) is 0 Å². The maximum absolute atomic E-state index is 4.30. The Bertz CT molecular complexity index is 471. The summed E-state index contributed by atoms with van der Waals surface area (Å²) in [6.45, 7) is 3.83. The number of pyridine rings is 1. The number of anilines is 1. The van der Waals surface area contributed by atoms with Gasteiger partial charge in [-0.05, 0) is 62.6 Å². The van der Waals surface area contributed by atoms with Gasteiger partial charge in [-0.15, -0.1) is 0 Å². The Morgan fingerprint density at radius 2 is 2.14 bits per heavy atom. The average Bonchev–Trinajstić information content (AvgIpc) is 3.27. The predicted octanol–water partition coefficient (Wildman–Crippen LogP) is 3.03. The van der Waals surface area contributed by atoms with Gasteiger partial charge in [-0.2, -0.15) is 0 Å². The number of rotatable bonds is 4. The van der Waals surface area contributed by atoms with E-state index in [0.717, 1.165) is 23.8 Å². The summed E-state index contributed by atoms with van der Waals surface area (Å²) in [6, 6.07) is 5.19. The van der Waals surface area contributed by atoms with Gasteiger partial charge >= 0.3 is 0 Å². The van der Waals surface area contributed by atoms with E-state index in [0.29, 0.717) is 0 Å². The van der Waals surface area contributed by atoms with E-state index in [1.807, 2.05) is 12.4 Å². The maximum atomic E-state index is 4.30. The molecule has 1 saturated heterocycles. The van der Waals surface area contributed by atoms with Crippen molar-refractivity contribution in [3.8, 4) is 0 Å². The van der Waals surface area contributed by atoms with E-state index in [2.05, 4.69) is 34.0 Å². The second-order valence-electron chi connectivity index (χ2n) is 7.40. The zero-order valence-electron chi connectivity index (χ0n) is 13.1.